The Kier molecular flexibility index (Phi) is 6.84. The van der Waals surface area contributed by atoms with Crippen LogP contribution in [0.2, 0.25) is 5.02 Å². The molecule has 1 fully saturated rings. The van der Waals surface area contributed by atoms with E-state index in [1.54, 1.807) is 25.1 Å². The lowest BCUT2D eigenvalue weighted by Crippen LogP contribution is -2.16. The predicted molar refractivity (Wildman–Crippen MR) is 112 cm³/mol. The highest BCUT2D eigenvalue weighted by molar-refractivity contribution is 6.32. The molecule has 30 heavy (non-hydrogen) atoms. The first-order valence-corrected chi connectivity index (χ1v) is 10.1. The summed E-state index contributed by atoms with van der Waals surface area (Å²) >= 11 is 6.31. The monoisotopic (exact) mass is 433 g/mol. The Morgan fingerprint density at radius 3 is 2.60 bits per heavy atom. The number of aliphatic hydroxyl groups is 1. The highest BCUT2D eigenvalue weighted by Crippen LogP contribution is 2.40. The van der Waals surface area contributed by atoms with E-state index in [-0.39, 0.29) is 10.8 Å². The van der Waals surface area contributed by atoms with Gasteiger partial charge in [0.25, 0.3) is 0 Å². The van der Waals surface area contributed by atoms with Crippen molar-refractivity contribution in [1.29, 1.82) is 0 Å². The van der Waals surface area contributed by atoms with Crippen molar-refractivity contribution in [3.8, 4) is 17.2 Å². The zero-order valence-electron chi connectivity index (χ0n) is 16.5. The van der Waals surface area contributed by atoms with Crippen LogP contribution in [0.4, 0.5) is 5.69 Å². The topological polar surface area (TPSA) is 116 Å². The van der Waals surface area contributed by atoms with Gasteiger partial charge >= 0.3 is 5.97 Å². The molecule has 1 aliphatic rings. The van der Waals surface area contributed by atoms with Gasteiger partial charge in [0.15, 0.2) is 0 Å². The molecule has 0 aromatic heterocycles. The van der Waals surface area contributed by atoms with Crippen LogP contribution < -0.4 is 10.1 Å². The molecule has 0 bridgehead atoms. The number of carboxylic acid groups (broad SMARTS) is 1. The lowest BCUT2D eigenvalue weighted by molar-refractivity contribution is -0.139. The first-order valence-electron chi connectivity index (χ1n) is 9.73. The van der Waals surface area contributed by atoms with Gasteiger partial charge in [0.2, 0.25) is 5.91 Å². The van der Waals surface area contributed by atoms with Crippen LogP contribution in [0.3, 0.4) is 0 Å². The van der Waals surface area contributed by atoms with E-state index in [4.69, 9.17) is 21.4 Å². The van der Waals surface area contributed by atoms with Gasteiger partial charge < -0.3 is 25.4 Å². The Balaban J connectivity index is 1.76. The Hall–Kier alpha value is -2.77. The van der Waals surface area contributed by atoms with Crippen molar-refractivity contribution in [3.63, 3.8) is 0 Å². The molecule has 160 valence electrons. The van der Waals surface area contributed by atoms with Gasteiger partial charge in [-0.1, -0.05) is 30.9 Å². The van der Waals surface area contributed by atoms with Crippen LogP contribution >= 0.6 is 11.6 Å². The van der Waals surface area contributed by atoms with E-state index >= 15 is 0 Å². The molecule has 2 aromatic rings. The largest absolute Gasteiger partial charge is 0.508 e. The molecule has 4 N–H and O–H groups in total. The summed E-state index contributed by atoms with van der Waals surface area (Å²) in [5.74, 6) is -0.632. The first kappa shape index (κ1) is 21.9. The number of carbonyl (C=O) groups excluding carboxylic acids is 1. The fourth-order valence-electron chi connectivity index (χ4n) is 3.43. The average molecular weight is 434 g/mol. The van der Waals surface area contributed by atoms with Crippen molar-refractivity contribution < 1.29 is 29.6 Å². The molecule has 0 aliphatic heterocycles. The number of carboxylic acids is 1. The molecule has 0 radical (unpaired) electrons. The van der Waals surface area contributed by atoms with E-state index < -0.39 is 24.4 Å². The first-order chi connectivity index (χ1) is 14.2. The van der Waals surface area contributed by atoms with Gasteiger partial charge in [-0.2, -0.15) is 0 Å². The minimum Gasteiger partial charge on any atom is -0.508 e. The van der Waals surface area contributed by atoms with Gasteiger partial charge in [-0.15, -0.1) is 0 Å². The van der Waals surface area contributed by atoms with Gasteiger partial charge in [-0.05, 0) is 55.2 Å². The molecule has 1 atom stereocenters. The minimum atomic E-state index is -1.22. The van der Waals surface area contributed by atoms with E-state index in [0.29, 0.717) is 40.7 Å². The molecular weight excluding hydrogens is 410 g/mol. The number of aromatic hydroxyl groups is 1. The number of rotatable bonds is 8. The normalized spacial score (nSPS) is 14.6. The zero-order chi connectivity index (χ0) is 21.8. The number of aliphatic hydroxyl groups excluding tert-OH is 1. The fraction of sp³-hybridized carbons (Fsp3) is 0.364. The molecule has 3 rings (SSSR count). The summed E-state index contributed by atoms with van der Waals surface area (Å²) in [4.78, 5) is 22.3. The number of halogens is 1. The number of phenolic OH excluding ortho intramolecular Hbond substituents is 1. The molecule has 1 aliphatic carbocycles. The summed E-state index contributed by atoms with van der Waals surface area (Å²) in [6, 6.07) is 7.73. The fourth-order valence-corrected chi connectivity index (χ4v) is 3.73. The summed E-state index contributed by atoms with van der Waals surface area (Å²) in [6.07, 6.45) is 2.55. The standard InChI is InChI=1S/C22H24ClNO6/c1-12-7-14(24-20(27)11-21(28)29)9-17(23)22(12)30-15-5-6-18(25)16(10-15)19(26)8-13-3-2-4-13/h5-7,9-10,13,19,25-26H,2-4,8,11H2,1H3,(H,24,27)(H,28,29). The average Bonchev–Trinajstić information content (AvgIpc) is 2.61. The molecule has 1 saturated carbocycles. The van der Waals surface area contributed by atoms with Crippen molar-refractivity contribution in [3.05, 3.63) is 46.5 Å². The van der Waals surface area contributed by atoms with Crippen molar-refractivity contribution in [2.24, 2.45) is 5.92 Å². The maximum atomic E-state index is 11.6. The number of benzene rings is 2. The van der Waals surface area contributed by atoms with Crippen molar-refractivity contribution >= 4 is 29.2 Å². The number of aryl methyl sites for hydroxylation is 1. The lowest BCUT2D eigenvalue weighted by atomic mass is 9.80. The van der Waals surface area contributed by atoms with E-state index in [9.17, 15) is 19.8 Å². The SMILES string of the molecule is Cc1cc(NC(=O)CC(=O)O)cc(Cl)c1Oc1ccc(O)c(C(O)CC2CCC2)c1. The van der Waals surface area contributed by atoms with E-state index in [2.05, 4.69) is 5.32 Å². The number of carbonyl (C=O) groups is 2. The second kappa shape index (κ2) is 9.36. The van der Waals surface area contributed by atoms with Gasteiger partial charge in [0.05, 0.1) is 11.1 Å². The molecule has 1 amide bonds. The van der Waals surface area contributed by atoms with Crippen LogP contribution in [-0.4, -0.2) is 27.2 Å². The van der Waals surface area contributed by atoms with Crippen molar-refractivity contribution in [2.75, 3.05) is 5.32 Å². The number of hydrogen-bond acceptors (Lipinski definition) is 5. The Morgan fingerprint density at radius 2 is 2.00 bits per heavy atom. The molecule has 2 aromatic carbocycles. The van der Waals surface area contributed by atoms with Crippen LogP contribution in [0, 0.1) is 12.8 Å². The smallest absolute Gasteiger partial charge is 0.312 e. The highest BCUT2D eigenvalue weighted by Gasteiger charge is 2.24. The molecule has 7 nitrogen and oxygen atoms in total. The van der Waals surface area contributed by atoms with Gasteiger partial charge in [-0.3, -0.25) is 9.59 Å². The Morgan fingerprint density at radius 1 is 1.27 bits per heavy atom. The predicted octanol–water partition coefficient (Wildman–Crippen LogP) is 4.78. The summed E-state index contributed by atoms with van der Waals surface area (Å²) in [7, 11) is 0. The van der Waals surface area contributed by atoms with Crippen LogP contribution in [0.5, 0.6) is 17.2 Å². The molecule has 1 unspecified atom stereocenters. The quantitative estimate of drug-likeness (QED) is 0.445. The third kappa shape index (κ3) is 5.43. The van der Waals surface area contributed by atoms with Crippen molar-refractivity contribution in [1.82, 2.24) is 0 Å². The van der Waals surface area contributed by atoms with E-state index in [1.807, 2.05) is 0 Å². The number of hydrogen-bond donors (Lipinski definition) is 4. The molecule has 0 spiro atoms. The number of ether oxygens (including phenoxy) is 1. The Bertz CT molecular complexity index is 934. The summed E-state index contributed by atoms with van der Waals surface area (Å²) in [5.41, 5.74) is 1.39. The summed E-state index contributed by atoms with van der Waals surface area (Å²) < 4.78 is 5.89. The second-order valence-electron chi connectivity index (χ2n) is 7.59. The van der Waals surface area contributed by atoms with Crippen molar-refractivity contribution in [2.45, 2.75) is 45.1 Å². The van der Waals surface area contributed by atoms with Crippen LogP contribution in [0.25, 0.3) is 0 Å². The third-order valence-electron chi connectivity index (χ3n) is 5.18. The number of aliphatic carboxylic acids is 1. The molecule has 0 heterocycles. The zero-order valence-corrected chi connectivity index (χ0v) is 17.3. The Labute approximate surface area is 179 Å². The molecule has 8 heteroatoms. The minimum absolute atomic E-state index is 0.00785. The van der Waals surface area contributed by atoms with E-state index in [1.165, 1.54) is 18.6 Å². The van der Waals surface area contributed by atoms with Crippen LogP contribution in [0.1, 0.15) is 49.3 Å². The van der Waals surface area contributed by atoms with Crippen LogP contribution in [0.15, 0.2) is 30.3 Å². The van der Waals surface area contributed by atoms with Gasteiger partial charge in [0.1, 0.15) is 23.7 Å². The lowest BCUT2D eigenvalue weighted by Gasteiger charge is -2.28. The molecular formula is C22H24ClNO6. The maximum absolute atomic E-state index is 11.6. The number of nitrogens with one attached hydrogen (secondary N) is 1. The number of amides is 1. The number of phenols is 1. The highest BCUT2D eigenvalue weighted by atomic mass is 35.5. The maximum Gasteiger partial charge on any atom is 0.312 e. The number of anilines is 1. The van der Waals surface area contributed by atoms with Gasteiger partial charge in [0, 0.05) is 11.3 Å². The van der Waals surface area contributed by atoms with Crippen LogP contribution in [-0.2, 0) is 9.59 Å². The molecule has 0 saturated heterocycles. The summed E-state index contributed by atoms with van der Waals surface area (Å²) in [5, 5.41) is 32.0. The third-order valence-corrected chi connectivity index (χ3v) is 5.46. The van der Waals surface area contributed by atoms with E-state index in [0.717, 1.165) is 12.8 Å². The summed E-state index contributed by atoms with van der Waals surface area (Å²) in [6.45, 7) is 1.74. The second-order valence-corrected chi connectivity index (χ2v) is 8.00. The van der Waals surface area contributed by atoms with Gasteiger partial charge in [-0.25, -0.2) is 0 Å².